The standard InChI is InChI=1S/C17H33NO2/c1-8-17(5,6)18(7)14-11-12(16(2,3)4)9-10-13(14)15(19)20/h12-14H,8-11H2,1-7H3,(H,19,20). The minimum absolute atomic E-state index is 0.0537. The Balaban J connectivity index is 2.98. The van der Waals surface area contributed by atoms with Crippen molar-refractivity contribution < 1.29 is 9.90 Å². The molecule has 3 atom stereocenters. The number of carbonyl (C=O) groups is 1. The third kappa shape index (κ3) is 3.75. The third-order valence-corrected chi connectivity index (χ3v) is 5.68. The van der Waals surface area contributed by atoms with Gasteiger partial charge in [0.1, 0.15) is 0 Å². The summed E-state index contributed by atoms with van der Waals surface area (Å²) in [6.07, 6.45) is 3.89. The van der Waals surface area contributed by atoms with E-state index in [9.17, 15) is 9.90 Å². The molecular weight excluding hydrogens is 250 g/mol. The largest absolute Gasteiger partial charge is 0.481 e. The van der Waals surface area contributed by atoms with E-state index < -0.39 is 5.97 Å². The maximum atomic E-state index is 11.6. The van der Waals surface area contributed by atoms with Crippen LogP contribution in [0.3, 0.4) is 0 Å². The fourth-order valence-electron chi connectivity index (χ4n) is 3.35. The Morgan fingerprint density at radius 3 is 2.15 bits per heavy atom. The van der Waals surface area contributed by atoms with Crippen molar-refractivity contribution in [1.82, 2.24) is 4.90 Å². The van der Waals surface area contributed by atoms with E-state index >= 15 is 0 Å². The van der Waals surface area contributed by atoms with Crippen LogP contribution in [0.5, 0.6) is 0 Å². The first-order valence-corrected chi connectivity index (χ1v) is 7.96. The van der Waals surface area contributed by atoms with Gasteiger partial charge >= 0.3 is 5.97 Å². The van der Waals surface area contributed by atoms with Gasteiger partial charge in [0.25, 0.3) is 0 Å². The van der Waals surface area contributed by atoms with Crippen molar-refractivity contribution in [3.63, 3.8) is 0 Å². The van der Waals surface area contributed by atoms with Gasteiger partial charge in [-0.1, -0.05) is 27.7 Å². The number of hydrogen-bond donors (Lipinski definition) is 1. The quantitative estimate of drug-likeness (QED) is 0.847. The van der Waals surface area contributed by atoms with Gasteiger partial charge in [0.2, 0.25) is 0 Å². The zero-order chi connectivity index (χ0) is 15.7. The number of nitrogens with zero attached hydrogens (tertiary/aromatic N) is 1. The lowest BCUT2D eigenvalue weighted by molar-refractivity contribution is -0.148. The lowest BCUT2D eigenvalue weighted by Crippen LogP contribution is -2.54. The Morgan fingerprint density at radius 2 is 1.75 bits per heavy atom. The van der Waals surface area contributed by atoms with E-state index in [4.69, 9.17) is 0 Å². The minimum atomic E-state index is -0.624. The van der Waals surface area contributed by atoms with Gasteiger partial charge in [0.15, 0.2) is 0 Å². The first-order chi connectivity index (χ1) is 9.00. The normalized spacial score (nSPS) is 28.7. The van der Waals surface area contributed by atoms with E-state index in [0.717, 1.165) is 25.7 Å². The molecule has 1 N–H and O–H groups in total. The van der Waals surface area contributed by atoms with Crippen LogP contribution in [0.2, 0.25) is 0 Å². The van der Waals surface area contributed by atoms with Gasteiger partial charge in [-0.15, -0.1) is 0 Å². The lowest BCUT2D eigenvalue weighted by Gasteiger charge is -2.48. The van der Waals surface area contributed by atoms with Crippen molar-refractivity contribution in [2.75, 3.05) is 7.05 Å². The molecule has 118 valence electrons. The fraction of sp³-hybridized carbons (Fsp3) is 0.941. The zero-order valence-electron chi connectivity index (χ0n) is 14.4. The van der Waals surface area contributed by atoms with Crippen molar-refractivity contribution in [3.05, 3.63) is 0 Å². The number of aliphatic carboxylic acids is 1. The van der Waals surface area contributed by atoms with Crippen LogP contribution in [0.4, 0.5) is 0 Å². The van der Waals surface area contributed by atoms with Crippen LogP contribution in [0.1, 0.15) is 67.2 Å². The molecule has 3 heteroatoms. The van der Waals surface area contributed by atoms with Crippen molar-refractivity contribution in [1.29, 1.82) is 0 Å². The molecule has 0 bridgehead atoms. The smallest absolute Gasteiger partial charge is 0.308 e. The van der Waals surface area contributed by atoms with Crippen molar-refractivity contribution >= 4 is 5.97 Å². The number of rotatable bonds is 4. The second-order valence-corrected chi connectivity index (χ2v) is 8.16. The Hall–Kier alpha value is -0.570. The predicted octanol–water partition coefficient (Wildman–Crippen LogP) is 4.02. The summed E-state index contributed by atoms with van der Waals surface area (Å²) in [6.45, 7) is 13.4. The molecule has 1 rings (SSSR count). The van der Waals surface area contributed by atoms with Crippen LogP contribution < -0.4 is 0 Å². The van der Waals surface area contributed by atoms with Gasteiger partial charge < -0.3 is 5.11 Å². The Kier molecular flexibility index (Phi) is 5.29. The van der Waals surface area contributed by atoms with Crippen molar-refractivity contribution in [2.24, 2.45) is 17.3 Å². The highest BCUT2D eigenvalue weighted by atomic mass is 16.4. The predicted molar refractivity (Wildman–Crippen MR) is 83.8 cm³/mol. The molecule has 0 aromatic heterocycles. The molecule has 3 nitrogen and oxygen atoms in total. The van der Waals surface area contributed by atoms with Crippen molar-refractivity contribution in [3.8, 4) is 0 Å². The summed E-state index contributed by atoms with van der Waals surface area (Å²) >= 11 is 0. The second kappa shape index (κ2) is 6.05. The molecular formula is C17H33NO2. The molecule has 1 aliphatic rings. The molecule has 0 aromatic carbocycles. The van der Waals surface area contributed by atoms with Crippen LogP contribution in [-0.2, 0) is 4.79 Å². The van der Waals surface area contributed by atoms with Crippen LogP contribution in [0, 0.1) is 17.3 Å². The average Bonchev–Trinajstić information content (AvgIpc) is 2.35. The van der Waals surface area contributed by atoms with E-state index in [1.54, 1.807) is 0 Å². The Labute approximate surface area is 124 Å². The average molecular weight is 283 g/mol. The minimum Gasteiger partial charge on any atom is -0.481 e. The monoisotopic (exact) mass is 283 g/mol. The van der Waals surface area contributed by atoms with Gasteiger partial charge in [-0.25, -0.2) is 0 Å². The summed E-state index contributed by atoms with van der Waals surface area (Å²) in [6, 6.07) is 0.153. The highest BCUT2D eigenvalue weighted by Crippen LogP contribution is 2.43. The molecule has 0 radical (unpaired) electrons. The number of carboxylic acids is 1. The van der Waals surface area contributed by atoms with Gasteiger partial charge in [-0.2, -0.15) is 0 Å². The molecule has 0 saturated heterocycles. The van der Waals surface area contributed by atoms with Gasteiger partial charge in [-0.3, -0.25) is 9.69 Å². The first kappa shape index (κ1) is 17.5. The summed E-state index contributed by atoms with van der Waals surface area (Å²) in [4.78, 5) is 13.9. The summed E-state index contributed by atoms with van der Waals surface area (Å²) < 4.78 is 0. The first-order valence-electron chi connectivity index (χ1n) is 7.96. The Bertz CT molecular complexity index is 343. The van der Waals surface area contributed by atoms with Crippen LogP contribution in [0.15, 0.2) is 0 Å². The molecule has 0 amide bonds. The van der Waals surface area contributed by atoms with E-state index in [2.05, 4.69) is 53.5 Å². The molecule has 0 heterocycles. The molecule has 0 aliphatic heterocycles. The topological polar surface area (TPSA) is 40.5 Å². The highest BCUT2D eigenvalue weighted by molar-refractivity contribution is 5.71. The van der Waals surface area contributed by atoms with Gasteiger partial charge in [0, 0.05) is 11.6 Å². The molecule has 0 spiro atoms. The molecule has 1 aliphatic carbocycles. The molecule has 0 aromatic rings. The lowest BCUT2D eigenvalue weighted by atomic mass is 9.67. The van der Waals surface area contributed by atoms with E-state index in [1.165, 1.54) is 0 Å². The van der Waals surface area contributed by atoms with Crippen LogP contribution in [-0.4, -0.2) is 34.6 Å². The summed E-state index contributed by atoms with van der Waals surface area (Å²) in [5.41, 5.74) is 0.317. The third-order valence-electron chi connectivity index (χ3n) is 5.68. The second-order valence-electron chi connectivity index (χ2n) is 8.16. The molecule has 1 fully saturated rings. The summed E-state index contributed by atoms with van der Waals surface area (Å²) in [7, 11) is 2.11. The van der Waals surface area contributed by atoms with E-state index in [1.807, 2.05) is 0 Å². The van der Waals surface area contributed by atoms with E-state index in [-0.39, 0.29) is 22.9 Å². The van der Waals surface area contributed by atoms with Gasteiger partial charge in [-0.05, 0) is 57.9 Å². The maximum Gasteiger partial charge on any atom is 0.308 e. The Morgan fingerprint density at radius 1 is 1.20 bits per heavy atom. The highest BCUT2D eigenvalue weighted by Gasteiger charge is 2.43. The maximum absolute atomic E-state index is 11.6. The van der Waals surface area contributed by atoms with Crippen molar-refractivity contribution in [2.45, 2.75) is 78.8 Å². The number of carboxylic acid groups (broad SMARTS) is 1. The molecule has 3 unspecified atom stereocenters. The van der Waals surface area contributed by atoms with Crippen LogP contribution in [0.25, 0.3) is 0 Å². The fourth-order valence-corrected chi connectivity index (χ4v) is 3.35. The van der Waals surface area contributed by atoms with Gasteiger partial charge in [0.05, 0.1) is 5.92 Å². The SMILES string of the molecule is CCC(C)(C)N(C)C1CC(C(C)(C)C)CCC1C(=O)O. The summed E-state index contributed by atoms with van der Waals surface area (Å²) in [5.74, 6) is -0.233. The molecule has 1 saturated carbocycles. The van der Waals surface area contributed by atoms with Crippen LogP contribution >= 0.6 is 0 Å². The van der Waals surface area contributed by atoms with E-state index in [0.29, 0.717) is 5.92 Å². The summed E-state index contributed by atoms with van der Waals surface area (Å²) in [5, 5.41) is 9.56. The zero-order valence-corrected chi connectivity index (χ0v) is 14.4. The molecule has 20 heavy (non-hydrogen) atoms. The number of hydrogen-bond acceptors (Lipinski definition) is 2.